The van der Waals surface area contributed by atoms with Crippen LogP contribution in [0.25, 0.3) is 30.9 Å². The fraction of sp³-hybridized carbons (Fsp3) is 0.0857. The van der Waals surface area contributed by atoms with Crippen LogP contribution >= 0.6 is 22.9 Å². The van der Waals surface area contributed by atoms with Gasteiger partial charge in [-0.1, -0.05) is 110 Å². The molecule has 0 spiro atoms. The first-order valence-corrected chi connectivity index (χ1v) is 14.1. The Hall–Kier alpha value is -3.85. The number of halogens is 1. The van der Waals surface area contributed by atoms with Crippen molar-refractivity contribution in [3.05, 3.63) is 144 Å². The number of allylic oxidation sites excluding steroid dienone is 3. The molecule has 6 aromatic rings. The van der Waals surface area contributed by atoms with Crippen molar-refractivity contribution < 1.29 is 0 Å². The summed E-state index contributed by atoms with van der Waals surface area (Å²) < 4.78 is 2.45. The minimum atomic E-state index is -0.0421. The summed E-state index contributed by atoms with van der Waals surface area (Å²) in [7, 11) is 0. The first-order chi connectivity index (χ1) is 18.6. The molecule has 0 N–H and O–H groups in total. The van der Waals surface area contributed by atoms with Crippen LogP contribution < -0.4 is 4.90 Å². The largest absolute Gasteiger partial charge is 0.310 e. The predicted molar refractivity (Wildman–Crippen MR) is 166 cm³/mol. The van der Waals surface area contributed by atoms with Gasteiger partial charge in [-0.25, -0.2) is 0 Å². The molecule has 1 nitrogen and oxygen atoms in total. The lowest BCUT2D eigenvalue weighted by Gasteiger charge is -2.34. The van der Waals surface area contributed by atoms with Gasteiger partial charge in [0, 0.05) is 41.7 Å². The van der Waals surface area contributed by atoms with Gasteiger partial charge in [-0.2, -0.15) is 0 Å². The number of anilines is 2. The van der Waals surface area contributed by atoms with Crippen molar-refractivity contribution in [2.24, 2.45) is 0 Å². The van der Waals surface area contributed by atoms with E-state index >= 15 is 0 Å². The highest BCUT2D eigenvalue weighted by Crippen LogP contribution is 2.47. The van der Waals surface area contributed by atoms with Crippen molar-refractivity contribution in [1.29, 1.82) is 0 Å². The molecular weight excluding hydrogens is 502 g/mol. The molecule has 5 aromatic carbocycles. The second-order valence-electron chi connectivity index (χ2n) is 10.1. The highest BCUT2D eigenvalue weighted by atomic mass is 35.5. The molecule has 0 saturated carbocycles. The Bertz CT molecular complexity index is 1880. The van der Waals surface area contributed by atoms with Gasteiger partial charge in [0.05, 0.1) is 11.4 Å². The lowest BCUT2D eigenvalue weighted by molar-refractivity contribution is 0.595. The molecule has 1 aliphatic carbocycles. The van der Waals surface area contributed by atoms with Crippen molar-refractivity contribution >= 4 is 65.3 Å². The van der Waals surface area contributed by atoms with Gasteiger partial charge in [-0.3, -0.25) is 0 Å². The van der Waals surface area contributed by atoms with Crippen molar-refractivity contribution in [2.75, 3.05) is 4.90 Å². The molecule has 3 heteroatoms. The standard InChI is InChI=1S/C35H26ClNS/c1-35(25-12-3-2-4-13-25)22-20-26(21-23-35)37(29-16-7-11-24-10-5-6-14-27(24)29)30-17-9-19-32-34(30)33-28(36)15-8-18-31(33)38-32/h2-22H,23H2,1H3. The molecule has 1 aromatic heterocycles. The maximum absolute atomic E-state index is 6.85. The van der Waals surface area contributed by atoms with Crippen LogP contribution in [-0.4, -0.2) is 0 Å². The quantitative estimate of drug-likeness (QED) is 0.220. The minimum Gasteiger partial charge on any atom is -0.310 e. The predicted octanol–water partition coefficient (Wildman–Crippen LogP) is 10.8. The summed E-state index contributed by atoms with van der Waals surface area (Å²) in [6.45, 7) is 2.32. The molecule has 0 bridgehead atoms. The molecule has 0 radical (unpaired) electrons. The molecule has 0 aliphatic heterocycles. The molecule has 38 heavy (non-hydrogen) atoms. The average Bonchev–Trinajstić information content (AvgIpc) is 3.36. The Morgan fingerprint density at radius 1 is 0.711 bits per heavy atom. The van der Waals surface area contributed by atoms with Gasteiger partial charge < -0.3 is 4.90 Å². The van der Waals surface area contributed by atoms with Crippen LogP contribution in [0.1, 0.15) is 18.9 Å². The first-order valence-electron chi connectivity index (χ1n) is 12.9. The third kappa shape index (κ3) is 3.75. The number of hydrogen-bond donors (Lipinski definition) is 0. The molecule has 1 unspecified atom stereocenters. The Morgan fingerprint density at radius 2 is 1.39 bits per heavy atom. The van der Waals surface area contributed by atoms with Crippen molar-refractivity contribution in [3.63, 3.8) is 0 Å². The molecule has 1 heterocycles. The van der Waals surface area contributed by atoms with Gasteiger partial charge in [0.1, 0.15) is 0 Å². The second-order valence-corrected chi connectivity index (χ2v) is 11.6. The number of fused-ring (bicyclic) bond motifs is 4. The Balaban J connectivity index is 1.48. The minimum absolute atomic E-state index is 0.0421. The number of nitrogens with zero attached hydrogens (tertiary/aromatic N) is 1. The van der Waals surface area contributed by atoms with Crippen LogP contribution in [-0.2, 0) is 5.41 Å². The SMILES string of the molecule is CC1(c2ccccc2)C=CC(N(c2cccc3ccccc23)c2cccc3sc4cccc(Cl)c4c23)=CC1. The highest BCUT2D eigenvalue weighted by molar-refractivity contribution is 7.26. The summed E-state index contributed by atoms with van der Waals surface area (Å²) in [6, 6.07) is 38.8. The van der Waals surface area contributed by atoms with E-state index < -0.39 is 0 Å². The molecular formula is C35H26ClNS. The van der Waals surface area contributed by atoms with E-state index in [9.17, 15) is 0 Å². The second kappa shape index (κ2) is 9.16. The zero-order valence-corrected chi connectivity index (χ0v) is 22.6. The Labute approximate surface area is 231 Å². The van der Waals surface area contributed by atoms with E-state index in [1.54, 1.807) is 11.3 Å². The fourth-order valence-electron chi connectivity index (χ4n) is 5.72. The van der Waals surface area contributed by atoms with Gasteiger partial charge in [0.25, 0.3) is 0 Å². The lowest BCUT2D eigenvalue weighted by atomic mass is 9.77. The number of hydrogen-bond acceptors (Lipinski definition) is 2. The zero-order valence-electron chi connectivity index (χ0n) is 21.1. The van der Waals surface area contributed by atoms with Crippen LogP contribution in [0.3, 0.4) is 0 Å². The van der Waals surface area contributed by atoms with E-state index in [0.29, 0.717) is 0 Å². The van der Waals surface area contributed by atoms with Gasteiger partial charge in [0.15, 0.2) is 0 Å². The van der Waals surface area contributed by atoms with Crippen LogP contribution in [0.5, 0.6) is 0 Å². The third-order valence-electron chi connectivity index (χ3n) is 7.75. The van der Waals surface area contributed by atoms with Gasteiger partial charge in [0.2, 0.25) is 0 Å². The van der Waals surface area contributed by atoms with E-state index in [-0.39, 0.29) is 5.41 Å². The topological polar surface area (TPSA) is 3.24 Å². The molecule has 0 fully saturated rings. The van der Waals surface area contributed by atoms with Crippen LogP contribution in [0.4, 0.5) is 11.4 Å². The maximum Gasteiger partial charge on any atom is 0.0555 e. The normalized spacial score (nSPS) is 17.3. The van der Waals surface area contributed by atoms with Crippen LogP contribution in [0.15, 0.2) is 133 Å². The third-order valence-corrected chi connectivity index (χ3v) is 9.18. The van der Waals surface area contributed by atoms with Crippen molar-refractivity contribution in [2.45, 2.75) is 18.8 Å². The maximum atomic E-state index is 6.85. The lowest BCUT2D eigenvalue weighted by Crippen LogP contribution is -2.24. The highest BCUT2D eigenvalue weighted by Gasteiger charge is 2.28. The van der Waals surface area contributed by atoms with Crippen molar-refractivity contribution in [1.82, 2.24) is 0 Å². The van der Waals surface area contributed by atoms with E-state index in [0.717, 1.165) is 22.5 Å². The van der Waals surface area contributed by atoms with E-state index in [4.69, 9.17) is 11.6 Å². The molecule has 1 aliphatic rings. The molecule has 1 atom stereocenters. The number of benzene rings is 5. The van der Waals surface area contributed by atoms with Gasteiger partial charge in [-0.05, 0) is 53.8 Å². The summed E-state index contributed by atoms with van der Waals surface area (Å²) in [5.74, 6) is 0. The molecule has 7 rings (SSSR count). The van der Waals surface area contributed by atoms with Gasteiger partial charge in [-0.15, -0.1) is 11.3 Å². The Morgan fingerprint density at radius 3 is 2.21 bits per heavy atom. The fourth-order valence-corrected chi connectivity index (χ4v) is 7.20. The molecule has 184 valence electrons. The summed E-state index contributed by atoms with van der Waals surface area (Å²) in [6.07, 6.45) is 7.98. The monoisotopic (exact) mass is 527 g/mol. The van der Waals surface area contributed by atoms with Crippen molar-refractivity contribution in [3.8, 4) is 0 Å². The van der Waals surface area contributed by atoms with E-state index in [1.165, 1.54) is 42.5 Å². The number of thiophene rings is 1. The van der Waals surface area contributed by atoms with Crippen LogP contribution in [0.2, 0.25) is 5.02 Å². The van der Waals surface area contributed by atoms with Crippen LogP contribution in [0, 0.1) is 0 Å². The van der Waals surface area contributed by atoms with E-state index in [1.807, 2.05) is 12.1 Å². The average molecular weight is 528 g/mol. The molecule has 0 saturated heterocycles. The smallest absolute Gasteiger partial charge is 0.0555 e. The summed E-state index contributed by atoms with van der Waals surface area (Å²) >= 11 is 8.65. The Kier molecular flexibility index (Phi) is 5.61. The summed E-state index contributed by atoms with van der Waals surface area (Å²) in [5, 5.41) is 5.58. The first kappa shape index (κ1) is 23.3. The zero-order chi connectivity index (χ0) is 25.7. The summed E-state index contributed by atoms with van der Waals surface area (Å²) in [5.41, 5.74) is 4.79. The molecule has 0 amide bonds. The van der Waals surface area contributed by atoms with Gasteiger partial charge >= 0.3 is 0 Å². The van der Waals surface area contributed by atoms with E-state index in [2.05, 4.69) is 127 Å². The number of rotatable bonds is 4. The summed E-state index contributed by atoms with van der Waals surface area (Å²) in [4.78, 5) is 2.43.